The van der Waals surface area contributed by atoms with Crippen LogP contribution in [-0.2, 0) is 13.2 Å². The number of hydrogen-bond donors (Lipinski definition) is 2. The third kappa shape index (κ3) is 4.33. The minimum Gasteiger partial charge on any atom is -0.497 e. The highest BCUT2D eigenvalue weighted by Gasteiger charge is 2.13. The van der Waals surface area contributed by atoms with E-state index in [4.69, 9.17) is 19.6 Å². The fraction of sp³-hybridized carbons (Fsp3) is 0.136. The molecule has 0 fully saturated rings. The number of amides is 1. The quantitative estimate of drug-likeness (QED) is 0.486. The third-order valence-electron chi connectivity index (χ3n) is 4.53. The highest BCUT2D eigenvalue weighted by molar-refractivity contribution is 5.91. The van der Waals surface area contributed by atoms with Gasteiger partial charge >= 0.3 is 0 Å². The second-order valence-electron chi connectivity index (χ2n) is 6.52. The first-order valence-electron chi connectivity index (χ1n) is 9.25. The van der Waals surface area contributed by atoms with Gasteiger partial charge in [-0.3, -0.25) is 4.79 Å². The predicted octanol–water partition coefficient (Wildman–Crippen LogP) is 3.32. The van der Waals surface area contributed by atoms with E-state index in [9.17, 15) is 4.79 Å². The zero-order valence-corrected chi connectivity index (χ0v) is 16.3. The van der Waals surface area contributed by atoms with E-state index in [1.165, 1.54) is 6.26 Å². The van der Waals surface area contributed by atoms with Gasteiger partial charge in [-0.05, 0) is 41.1 Å². The van der Waals surface area contributed by atoms with Gasteiger partial charge in [0.25, 0.3) is 5.91 Å². The molecule has 1 amide bonds. The van der Waals surface area contributed by atoms with E-state index in [0.717, 1.165) is 22.1 Å². The van der Waals surface area contributed by atoms with Gasteiger partial charge in [-0.15, -0.1) is 0 Å². The number of oxazole rings is 1. The molecule has 0 aliphatic heterocycles. The number of nitrogens with two attached hydrogens (primary N) is 1. The molecule has 2 heterocycles. The summed E-state index contributed by atoms with van der Waals surface area (Å²) >= 11 is 0. The van der Waals surface area contributed by atoms with E-state index in [2.05, 4.69) is 15.3 Å². The Balaban J connectivity index is 1.37. The molecule has 30 heavy (non-hydrogen) atoms. The number of carbonyl (C=O) groups excluding carboxylic acids is 1. The number of methoxy groups -OCH3 is 1. The molecule has 0 unspecified atom stereocenters. The highest BCUT2D eigenvalue weighted by atomic mass is 16.5. The number of hydrogen-bond acceptors (Lipinski definition) is 7. The molecule has 0 radical (unpaired) electrons. The zero-order chi connectivity index (χ0) is 20.9. The summed E-state index contributed by atoms with van der Waals surface area (Å²) in [6.45, 7) is 0.343. The SMILES string of the molecule is COc1ccc2ccc(OCc3nc(C(=O)NCc4cccnc4N)co3)cc2c1. The van der Waals surface area contributed by atoms with Crippen molar-refractivity contribution in [1.82, 2.24) is 15.3 Å². The van der Waals surface area contributed by atoms with Crippen LogP contribution in [0.5, 0.6) is 11.5 Å². The molecule has 0 bridgehead atoms. The minimum absolute atomic E-state index is 0.0955. The topological polar surface area (TPSA) is 112 Å². The number of benzene rings is 2. The van der Waals surface area contributed by atoms with Crippen molar-refractivity contribution < 1.29 is 18.7 Å². The molecule has 0 spiro atoms. The number of fused-ring (bicyclic) bond motifs is 1. The second kappa shape index (κ2) is 8.52. The largest absolute Gasteiger partial charge is 0.497 e. The molecule has 0 saturated heterocycles. The van der Waals surface area contributed by atoms with Crippen LogP contribution in [0.4, 0.5) is 5.82 Å². The Bertz CT molecular complexity index is 1190. The standard InChI is InChI=1S/C22H20N4O4/c1-28-17-6-4-14-5-7-18(10-16(14)9-17)29-13-20-26-19(12-30-20)22(27)25-11-15-3-2-8-24-21(15)23/h2-10,12H,11,13H2,1H3,(H2,23,24)(H,25,27). The minimum atomic E-state index is -0.369. The van der Waals surface area contributed by atoms with Crippen LogP contribution >= 0.6 is 0 Å². The summed E-state index contributed by atoms with van der Waals surface area (Å²) in [7, 11) is 1.63. The maximum absolute atomic E-state index is 12.3. The summed E-state index contributed by atoms with van der Waals surface area (Å²) in [5.74, 6) is 1.74. The van der Waals surface area contributed by atoms with Crippen LogP contribution in [0.15, 0.2) is 65.4 Å². The smallest absolute Gasteiger partial charge is 0.273 e. The first kappa shape index (κ1) is 19.3. The zero-order valence-electron chi connectivity index (χ0n) is 16.3. The number of rotatable bonds is 7. The van der Waals surface area contributed by atoms with E-state index in [0.29, 0.717) is 17.5 Å². The van der Waals surface area contributed by atoms with Crippen molar-refractivity contribution in [3.05, 3.63) is 78.1 Å². The van der Waals surface area contributed by atoms with E-state index < -0.39 is 0 Å². The van der Waals surface area contributed by atoms with Crippen molar-refractivity contribution in [2.45, 2.75) is 13.2 Å². The van der Waals surface area contributed by atoms with Crippen LogP contribution in [-0.4, -0.2) is 23.0 Å². The van der Waals surface area contributed by atoms with E-state index in [1.807, 2.05) is 36.4 Å². The molecular formula is C22H20N4O4. The van der Waals surface area contributed by atoms with E-state index in [-0.39, 0.29) is 24.8 Å². The molecule has 8 heteroatoms. The van der Waals surface area contributed by atoms with Crippen molar-refractivity contribution in [1.29, 1.82) is 0 Å². The summed E-state index contributed by atoms with van der Waals surface area (Å²) in [5.41, 5.74) is 6.67. The number of pyridine rings is 1. The van der Waals surface area contributed by atoms with Crippen molar-refractivity contribution in [3.63, 3.8) is 0 Å². The Kier molecular flexibility index (Phi) is 5.47. The van der Waals surface area contributed by atoms with Gasteiger partial charge in [-0.1, -0.05) is 18.2 Å². The number of aromatic nitrogens is 2. The first-order valence-corrected chi connectivity index (χ1v) is 9.25. The summed E-state index contributed by atoms with van der Waals surface area (Å²) in [6, 6.07) is 15.1. The summed E-state index contributed by atoms with van der Waals surface area (Å²) in [4.78, 5) is 20.4. The maximum Gasteiger partial charge on any atom is 0.273 e. The molecule has 152 valence electrons. The van der Waals surface area contributed by atoms with Gasteiger partial charge in [0, 0.05) is 18.3 Å². The molecule has 3 N–H and O–H groups in total. The van der Waals surface area contributed by atoms with Crippen LogP contribution in [0.2, 0.25) is 0 Å². The average Bonchev–Trinajstić information content (AvgIpc) is 3.25. The van der Waals surface area contributed by atoms with Crippen molar-refractivity contribution in [2.75, 3.05) is 12.8 Å². The van der Waals surface area contributed by atoms with Gasteiger partial charge in [0.2, 0.25) is 5.89 Å². The van der Waals surface area contributed by atoms with E-state index >= 15 is 0 Å². The fourth-order valence-electron chi connectivity index (χ4n) is 2.91. The van der Waals surface area contributed by atoms with Crippen molar-refractivity contribution in [3.8, 4) is 11.5 Å². The Labute approximate surface area is 172 Å². The lowest BCUT2D eigenvalue weighted by molar-refractivity contribution is 0.0946. The van der Waals surface area contributed by atoms with Crippen LogP contribution in [0, 0.1) is 0 Å². The van der Waals surface area contributed by atoms with Gasteiger partial charge in [-0.25, -0.2) is 9.97 Å². The maximum atomic E-state index is 12.3. The Morgan fingerprint density at radius 3 is 2.73 bits per heavy atom. The number of nitrogen functional groups attached to an aromatic ring is 1. The average molecular weight is 404 g/mol. The Hall–Kier alpha value is -4.07. The van der Waals surface area contributed by atoms with Gasteiger partial charge in [0.05, 0.1) is 7.11 Å². The molecule has 2 aromatic carbocycles. The van der Waals surface area contributed by atoms with Crippen molar-refractivity contribution in [2.24, 2.45) is 0 Å². The lowest BCUT2D eigenvalue weighted by atomic mass is 10.1. The molecule has 0 saturated carbocycles. The van der Waals surface area contributed by atoms with Crippen LogP contribution < -0.4 is 20.5 Å². The second-order valence-corrected chi connectivity index (χ2v) is 6.52. The van der Waals surface area contributed by atoms with Crippen molar-refractivity contribution >= 4 is 22.5 Å². The van der Waals surface area contributed by atoms with Crippen LogP contribution in [0.25, 0.3) is 10.8 Å². The van der Waals surface area contributed by atoms with Gasteiger partial charge in [0.1, 0.15) is 23.6 Å². The lowest BCUT2D eigenvalue weighted by Crippen LogP contribution is -2.23. The number of nitrogens with one attached hydrogen (secondary N) is 1. The predicted molar refractivity (Wildman–Crippen MR) is 111 cm³/mol. The molecular weight excluding hydrogens is 384 g/mol. The lowest BCUT2D eigenvalue weighted by Gasteiger charge is -2.07. The molecule has 8 nitrogen and oxygen atoms in total. The third-order valence-corrected chi connectivity index (χ3v) is 4.53. The van der Waals surface area contributed by atoms with Gasteiger partial charge in [-0.2, -0.15) is 0 Å². The monoisotopic (exact) mass is 404 g/mol. The Morgan fingerprint density at radius 1 is 1.13 bits per heavy atom. The summed E-state index contributed by atoms with van der Waals surface area (Å²) in [5, 5.41) is 4.81. The van der Waals surface area contributed by atoms with Crippen LogP contribution in [0.1, 0.15) is 21.9 Å². The number of ether oxygens (including phenoxy) is 2. The number of carbonyl (C=O) groups is 1. The van der Waals surface area contributed by atoms with Crippen LogP contribution in [0.3, 0.4) is 0 Å². The molecule has 0 aliphatic rings. The molecule has 4 rings (SSSR count). The normalized spacial score (nSPS) is 10.7. The molecule has 2 aromatic heterocycles. The first-order chi connectivity index (χ1) is 14.6. The Morgan fingerprint density at radius 2 is 1.93 bits per heavy atom. The van der Waals surface area contributed by atoms with Gasteiger partial charge < -0.3 is 24.9 Å². The number of nitrogens with zero attached hydrogens (tertiary/aromatic N) is 2. The highest BCUT2D eigenvalue weighted by Crippen LogP contribution is 2.25. The summed E-state index contributed by atoms with van der Waals surface area (Å²) in [6.07, 6.45) is 2.89. The number of anilines is 1. The van der Waals surface area contributed by atoms with Gasteiger partial charge in [0.15, 0.2) is 12.3 Å². The molecule has 0 aliphatic carbocycles. The summed E-state index contributed by atoms with van der Waals surface area (Å²) < 4.78 is 16.4. The molecule has 4 aromatic rings. The van der Waals surface area contributed by atoms with E-state index in [1.54, 1.807) is 25.4 Å². The fourth-order valence-corrected chi connectivity index (χ4v) is 2.91. The molecule has 0 atom stereocenters.